The van der Waals surface area contributed by atoms with Crippen molar-refractivity contribution in [2.45, 2.75) is 58.5 Å². The number of nitrogens with zero attached hydrogens (tertiary/aromatic N) is 5. The van der Waals surface area contributed by atoms with Gasteiger partial charge >= 0.3 is 0 Å². The standard InChI is InChI=1S/C31H31N5/c1-5-30-19-31(30,6-2)29-35(23-17-20(3)26(21(4)18-23)22-11-13-32-14-12-22)27-28(34-16-15-33-27)36(29)25-10-8-7-9-24(25)30/h7-18,29H,5-6,19H2,1-4H3. The summed E-state index contributed by atoms with van der Waals surface area (Å²) in [6, 6.07) is 17.9. The molecule has 1 saturated carbocycles. The van der Waals surface area contributed by atoms with Crippen molar-refractivity contribution in [3.8, 4) is 11.1 Å². The highest BCUT2D eigenvalue weighted by Gasteiger charge is 2.76. The Morgan fingerprint density at radius 3 is 2.17 bits per heavy atom. The molecule has 2 aliphatic heterocycles. The van der Waals surface area contributed by atoms with Crippen molar-refractivity contribution in [3.63, 3.8) is 0 Å². The number of pyridine rings is 1. The Labute approximate surface area is 212 Å². The van der Waals surface area contributed by atoms with Crippen molar-refractivity contribution in [2.75, 3.05) is 9.80 Å². The summed E-state index contributed by atoms with van der Waals surface area (Å²) in [5.74, 6) is 1.92. The van der Waals surface area contributed by atoms with E-state index in [4.69, 9.17) is 9.97 Å². The highest BCUT2D eigenvalue weighted by Crippen LogP contribution is 2.77. The first-order valence-electron chi connectivity index (χ1n) is 13.1. The Bertz CT molecular complexity index is 1480. The van der Waals surface area contributed by atoms with E-state index < -0.39 is 0 Å². The van der Waals surface area contributed by atoms with Crippen LogP contribution in [-0.2, 0) is 5.41 Å². The molecule has 3 unspecified atom stereocenters. The van der Waals surface area contributed by atoms with Crippen LogP contribution in [0.4, 0.5) is 23.0 Å². The molecule has 0 amide bonds. The number of hydrogen-bond donors (Lipinski definition) is 0. The van der Waals surface area contributed by atoms with E-state index in [1.807, 2.05) is 24.8 Å². The molecular formula is C31H31N5. The number of benzene rings is 2. The SMILES string of the molecule is CCC12CC1(CC)C1N(c3cc(C)c(-c4ccncc4)c(C)c3)c3nccnc3N1c1ccccc12. The highest BCUT2D eigenvalue weighted by molar-refractivity contribution is 5.89. The smallest absolute Gasteiger partial charge is 0.178 e. The zero-order chi connectivity index (χ0) is 24.7. The van der Waals surface area contributed by atoms with Gasteiger partial charge in [0.1, 0.15) is 6.17 Å². The number of fused-ring (bicyclic) bond motifs is 8. The molecule has 1 aliphatic carbocycles. The topological polar surface area (TPSA) is 45.2 Å². The van der Waals surface area contributed by atoms with Gasteiger partial charge in [0.15, 0.2) is 11.6 Å². The van der Waals surface area contributed by atoms with Crippen molar-refractivity contribution in [1.29, 1.82) is 0 Å². The molecule has 2 aromatic carbocycles. The lowest BCUT2D eigenvalue weighted by Crippen LogP contribution is -2.51. The Kier molecular flexibility index (Phi) is 4.42. The van der Waals surface area contributed by atoms with Crippen molar-refractivity contribution in [2.24, 2.45) is 5.41 Å². The normalized spacial score (nSPS) is 25.2. The van der Waals surface area contributed by atoms with Gasteiger partial charge in [-0.1, -0.05) is 32.0 Å². The number of anilines is 4. The molecule has 7 rings (SSSR count). The highest BCUT2D eigenvalue weighted by atomic mass is 15.5. The van der Waals surface area contributed by atoms with Crippen LogP contribution in [0.3, 0.4) is 0 Å². The van der Waals surface area contributed by atoms with Crippen LogP contribution in [0, 0.1) is 19.3 Å². The van der Waals surface area contributed by atoms with Crippen LogP contribution < -0.4 is 9.80 Å². The summed E-state index contributed by atoms with van der Waals surface area (Å²) >= 11 is 0. The van der Waals surface area contributed by atoms with Crippen molar-refractivity contribution in [1.82, 2.24) is 15.0 Å². The Morgan fingerprint density at radius 1 is 0.833 bits per heavy atom. The van der Waals surface area contributed by atoms with Gasteiger partial charge in [-0.3, -0.25) is 4.98 Å². The van der Waals surface area contributed by atoms with Gasteiger partial charge < -0.3 is 9.80 Å². The molecule has 4 aromatic rings. The van der Waals surface area contributed by atoms with E-state index in [1.54, 1.807) is 0 Å². The summed E-state index contributed by atoms with van der Waals surface area (Å²) in [4.78, 5) is 19.0. The Hall–Kier alpha value is -3.73. The molecule has 2 aromatic heterocycles. The van der Waals surface area contributed by atoms with E-state index in [0.29, 0.717) is 0 Å². The molecule has 0 saturated heterocycles. The minimum atomic E-state index is 0.143. The van der Waals surface area contributed by atoms with E-state index in [1.165, 1.54) is 45.6 Å². The van der Waals surface area contributed by atoms with Gasteiger partial charge in [0.25, 0.3) is 0 Å². The summed E-state index contributed by atoms with van der Waals surface area (Å²) < 4.78 is 0. The number of para-hydroxylation sites is 1. The quantitative estimate of drug-likeness (QED) is 0.313. The second-order valence-electron chi connectivity index (χ2n) is 10.6. The first-order valence-corrected chi connectivity index (χ1v) is 13.1. The molecule has 1 fully saturated rings. The number of aromatic nitrogens is 3. The summed E-state index contributed by atoms with van der Waals surface area (Å²) in [5, 5.41) is 0. The summed E-state index contributed by atoms with van der Waals surface area (Å²) in [6.45, 7) is 9.17. The summed E-state index contributed by atoms with van der Waals surface area (Å²) in [7, 11) is 0. The van der Waals surface area contributed by atoms with Crippen molar-refractivity contribution >= 4 is 23.0 Å². The fraction of sp³-hybridized carbons (Fsp3) is 0.323. The number of aryl methyl sites for hydroxylation is 2. The van der Waals surface area contributed by atoms with Gasteiger partial charge in [-0.15, -0.1) is 0 Å². The largest absolute Gasteiger partial charge is 0.301 e. The maximum Gasteiger partial charge on any atom is 0.178 e. The average Bonchev–Trinajstić information content (AvgIpc) is 3.49. The first kappa shape index (κ1) is 21.5. The van der Waals surface area contributed by atoms with Gasteiger partial charge in [-0.05, 0) is 91.3 Å². The number of rotatable bonds is 4. The molecule has 36 heavy (non-hydrogen) atoms. The second kappa shape index (κ2) is 7.39. The van der Waals surface area contributed by atoms with Crippen molar-refractivity contribution < 1.29 is 0 Å². The predicted molar refractivity (Wildman–Crippen MR) is 145 cm³/mol. The fourth-order valence-electron chi connectivity index (χ4n) is 7.67. The number of hydrogen-bond acceptors (Lipinski definition) is 5. The molecule has 5 nitrogen and oxygen atoms in total. The molecule has 0 bridgehead atoms. The van der Waals surface area contributed by atoms with Crippen LogP contribution >= 0.6 is 0 Å². The molecule has 5 heteroatoms. The van der Waals surface area contributed by atoms with Gasteiger partial charge in [0.2, 0.25) is 0 Å². The third-order valence-corrected chi connectivity index (χ3v) is 9.22. The molecular weight excluding hydrogens is 442 g/mol. The van der Waals surface area contributed by atoms with Gasteiger partial charge in [-0.2, -0.15) is 0 Å². The maximum atomic E-state index is 4.93. The van der Waals surface area contributed by atoms with Gasteiger partial charge in [0.05, 0.1) is 0 Å². The average molecular weight is 474 g/mol. The molecule has 4 heterocycles. The minimum absolute atomic E-state index is 0.143. The summed E-state index contributed by atoms with van der Waals surface area (Å²) in [5.41, 5.74) is 9.32. The van der Waals surface area contributed by atoms with Crippen LogP contribution in [0.15, 0.2) is 73.3 Å². The van der Waals surface area contributed by atoms with Crippen LogP contribution in [0.25, 0.3) is 11.1 Å². The molecule has 0 N–H and O–H groups in total. The van der Waals surface area contributed by atoms with Crippen LogP contribution in [0.2, 0.25) is 0 Å². The van der Waals surface area contributed by atoms with Crippen molar-refractivity contribution in [3.05, 3.63) is 90.0 Å². The van der Waals surface area contributed by atoms with E-state index in [9.17, 15) is 0 Å². The lowest BCUT2D eigenvalue weighted by molar-refractivity contribution is 0.311. The zero-order valence-electron chi connectivity index (χ0n) is 21.4. The minimum Gasteiger partial charge on any atom is -0.301 e. The Balaban J connectivity index is 1.46. The van der Waals surface area contributed by atoms with Crippen LogP contribution in [0.5, 0.6) is 0 Å². The third-order valence-electron chi connectivity index (χ3n) is 9.22. The lowest BCUT2D eigenvalue weighted by Gasteiger charge is -2.46. The zero-order valence-corrected chi connectivity index (χ0v) is 21.4. The molecule has 0 spiro atoms. The maximum absolute atomic E-state index is 4.93. The molecule has 180 valence electrons. The molecule has 3 aliphatic rings. The molecule has 0 radical (unpaired) electrons. The molecule has 3 atom stereocenters. The van der Waals surface area contributed by atoms with Gasteiger partial charge in [-0.25, -0.2) is 9.97 Å². The van der Waals surface area contributed by atoms with E-state index >= 15 is 0 Å². The van der Waals surface area contributed by atoms with Crippen LogP contribution in [-0.4, -0.2) is 21.1 Å². The third kappa shape index (κ3) is 2.53. The Morgan fingerprint density at radius 2 is 1.50 bits per heavy atom. The fourth-order valence-corrected chi connectivity index (χ4v) is 7.67. The first-order chi connectivity index (χ1) is 17.6. The second-order valence-corrected chi connectivity index (χ2v) is 10.6. The summed E-state index contributed by atoms with van der Waals surface area (Å²) in [6.07, 6.45) is 11.0. The van der Waals surface area contributed by atoms with Crippen LogP contribution in [0.1, 0.15) is 49.8 Å². The monoisotopic (exact) mass is 473 g/mol. The van der Waals surface area contributed by atoms with E-state index in [0.717, 1.165) is 24.5 Å². The predicted octanol–water partition coefficient (Wildman–Crippen LogP) is 7.23. The van der Waals surface area contributed by atoms with Gasteiger partial charge in [0, 0.05) is 47.0 Å². The van der Waals surface area contributed by atoms with E-state index in [-0.39, 0.29) is 17.0 Å². The lowest BCUT2D eigenvalue weighted by atomic mass is 9.76. The van der Waals surface area contributed by atoms with E-state index in [2.05, 4.69) is 91.0 Å².